The van der Waals surface area contributed by atoms with E-state index >= 15 is 0 Å². The number of para-hydroxylation sites is 1. The molecule has 0 radical (unpaired) electrons. The number of carbonyl (C=O) groups excluding carboxylic acids is 2. The lowest BCUT2D eigenvalue weighted by atomic mass is 10.0. The van der Waals surface area contributed by atoms with E-state index in [2.05, 4.69) is 10.5 Å². The molecule has 0 aliphatic carbocycles. The van der Waals surface area contributed by atoms with Crippen molar-refractivity contribution in [3.63, 3.8) is 0 Å². The van der Waals surface area contributed by atoms with Crippen LogP contribution in [0.1, 0.15) is 28.4 Å². The lowest BCUT2D eigenvalue weighted by molar-refractivity contribution is -0.167. The molecule has 0 atom stereocenters. The van der Waals surface area contributed by atoms with Crippen LogP contribution < -0.4 is 10.7 Å². The molecule has 37 heavy (non-hydrogen) atoms. The standard InChI is InChI=1S/C27H20ClF3N4O2/c1-15-5-3-8-21-22(14-23(33-24(15)21)17-9-11-19(28)12-10-17)25(36)35-34-16(2)18-6-4-7-20(13-18)32-26(37)27(29,30)31/h3-14H,1-2H3,(H,32,37)(H,35,36). The molecule has 0 saturated heterocycles. The van der Waals surface area contributed by atoms with Gasteiger partial charge in [-0.25, -0.2) is 10.4 Å². The fourth-order valence-corrected chi connectivity index (χ4v) is 3.76. The fraction of sp³-hybridized carbons (Fsp3) is 0.111. The zero-order valence-corrected chi connectivity index (χ0v) is 20.4. The Bertz CT molecular complexity index is 1530. The molecule has 4 aromatic rings. The maximum atomic E-state index is 13.2. The molecule has 1 aromatic heterocycles. The first kappa shape index (κ1) is 25.8. The highest BCUT2D eigenvalue weighted by molar-refractivity contribution is 6.30. The quantitative estimate of drug-likeness (QED) is 0.230. The zero-order chi connectivity index (χ0) is 26.7. The SMILES string of the molecule is CC(=NNC(=O)c1cc(-c2ccc(Cl)cc2)nc2c(C)cccc12)c1cccc(NC(=O)C(F)(F)F)c1. The molecule has 1 heterocycles. The van der Waals surface area contributed by atoms with E-state index in [0.717, 1.165) is 11.1 Å². The van der Waals surface area contributed by atoms with Crippen molar-refractivity contribution >= 4 is 45.7 Å². The van der Waals surface area contributed by atoms with Gasteiger partial charge in [-0.05, 0) is 55.3 Å². The number of carbonyl (C=O) groups is 2. The van der Waals surface area contributed by atoms with E-state index in [9.17, 15) is 22.8 Å². The van der Waals surface area contributed by atoms with Crippen molar-refractivity contribution in [2.75, 3.05) is 5.32 Å². The molecule has 3 aromatic carbocycles. The van der Waals surface area contributed by atoms with Gasteiger partial charge in [-0.2, -0.15) is 18.3 Å². The normalized spacial score (nSPS) is 11.9. The van der Waals surface area contributed by atoms with E-state index in [1.54, 1.807) is 42.6 Å². The van der Waals surface area contributed by atoms with Crippen molar-refractivity contribution in [2.45, 2.75) is 20.0 Å². The van der Waals surface area contributed by atoms with E-state index < -0.39 is 18.0 Å². The van der Waals surface area contributed by atoms with Gasteiger partial charge in [0, 0.05) is 21.7 Å². The molecule has 6 nitrogen and oxygen atoms in total. The number of halogens is 4. The summed E-state index contributed by atoms with van der Waals surface area (Å²) in [6, 6.07) is 20.0. The molecule has 2 N–H and O–H groups in total. The summed E-state index contributed by atoms with van der Waals surface area (Å²) in [5, 5.41) is 7.14. The molecule has 2 amide bonds. The molecule has 0 unspecified atom stereocenters. The maximum absolute atomic E-state index is 13.2. The molecule has 0 fully saturated rings. The number of hydrogen-bond acceptors (Lipinski definition) is 4. The van der Waals surface area contributed by atoms with Gasteiger partial charge in [-0.1, -0.05) is 54.1 Å². The van der Waals surface area contributed by atoms with Crippen molar-refractivity contribution in [3.8, 4) is 11.3 Å². The summed E-state index contributed by atoms with van der Waals surface area (Å²) in [7, 11) is 0. The summed E-state index contributed by atoms with van der Waals surface area (Å²) < 4.78 is 37.7. The summed E-state index contributed by atoms with van der Waals surface area (Å²) in [6.07, 6.45) is -5.01. The minimum atomic E-state index is -5.01. The number of amides is 2. The van der Waals surface area contributed by atoms with Crippen molar-refractivity contribution in [3.05, 3.63) is 94.5 Å². The number of anilines is 1. The van der Waals surface area contributed by atoms with Crippen LogP contribution >= 0.6 is 11.6 Å². The Morgan fingerprint density at radius 1 is 0.973 bits per heavy atom. The molecular weight excluding hydrogens is 505 g/mol. The molecule has 10 heteroatoms. The number of alkyl halides is 3. The molecule has 0 spiro atoms. The lowest BCUT2D eigenvalue weighted by Crippen LogP contribution is -2.29. The number of hydrazone groups is 1. The number of fused-ring (bicyclic) bond motifs is 1. The highest BCUT2D eigenvalue weighted by atomic mass is 35.5. The minimum Gasteiger partial charge on any atom is -0.318 e. The Kier molecular flexibility index (Phi) is 7.26. The fourth-order valence-electron chi connectivity index (χ4n) is 3.63. The number of nitrogens with zero attached hydrogens (tertiary/aromatic N) is 2. The van der Waals surface area contributed by atoms with Crippen LogP contribution in [0.2, 0.25) is 5.02 Å². The number of aromatic nitrogens is 1. The first-order valence-corrected chi connectivity index (χ1v) is 11.4. The molecular formula is C27H20ClF3N4O2. The monoisotopic (exact) mass is 524 g/mol. The van der Waals surface area contributed by atoms with E-state index in [1.165, 1.54) is 18.2 Å². The van der Waals surface area contributed by atoms with Crippen LogP contribution in [0.25, 0.3) is 22.2 Å². The van der Waals surface area contributed by atoms with Crippen LogP contribution in [0.3, 0.4) is 0 Å². The highest BCUT2D eigenvalue weighted by Gasteiger charge is 2.38. The molecule has 4 rings (SSSR count). The Morgan fingerprint density at radius 3 is 2.38 bits per heavy atom. The molecule has 188 valence electrons. The number of benzene rings is 3. The van der Waals surface area contributed by atoms with Crippen molar-refractivity contribution in [1.29, 1.82) is 0 Å². The van der Waals surface area contributed by atoms with Gasteiger partial charge in [0.15, 0.2) is 0 Å². The van der Waals surface area contributed by atoms with E-state index in [-0.39, 0.29) is 5.69 Å². The minimum absolute atomic E-state index is 0.0519. The lowest BCUT2D eigenvalue weighted by Gasteiger charge is -2.11. The number of rotatable bonds is 5. The Balaban J connectivity index is 1.64. The Morgan fingerprint density at radius 2 is 1.68 bits per heavy atom. The summed E-state index contributed by atoms with van der Waals surface area (Å²) in [6.45, 7) is 3.48. The predicted octanol–water partition coefficient (Wildman–Crippen LogP) is 6.52. The molecule has 0 bridgehead atoms. The average Bonchev–Trinajstić information content (AvgIpc) is 2.87. The first-order valence-electron chi connectivity index (χ1n) is 11.0. The highest BCUT2D eigenvalue weighted by Crippen LogP contribution is 2.28. The van der Waals surface area contributed by atoms with Crippen molar-refractivity contribution in [2.24, 2.45) is 5.10 Å². The van der Waals surface area contributed by atoms with Crippen LogP contribution in [-0.4, -0.2) is 28.7 Å². The van der Waals surface area contributed by atoms with Crippen LogP contribution in [0.15, 0.2) is 77.9 Å². The third kappa shape index (κ3) is 5.95. The van der Waals surface area contributed by atoms with Gasteiger partial charge in [0.25, 0.3) is 5.91 Å². The van der Waals surface area contributed by atoms with Crippen molar-refractivity contribution in [1.82, 2.24) is 10.4 Å². The zero-order valence-electron chi connectivity index (χ0n) is 19.7. The van der Waals surface area contributed by atoms with E-state index in [1.807, 2.05) is 31.2 Å². The number of nitrogens with one attached hydrogen (secondary N) is 2. The summed E-state index contributed by atoms with van der Waals surface area (Å²) in [5.74, 6) is -2.57. The van der Waals surface area contributed by atoms with Crippen LogP contribution in [0, 0.1) is 6.92 Å². The second-order valence-corrected chi connectivity index (χ2v) is 8.64. The third-order valence-corrected chi connectivity index (χ3v) is 5.80. The van der Waals surface area contributed by atoms with Crippen LogP contribution in [-0.2, 0) is 4.79 Å². The Labute approximate surface area is 215 Å². The largest absolute Gasteiger partial charge is 0.471 e. The smallest absolute Gasteiger partial charge is 0.318 e. The summed E-state index contributed by atoms with van der Waals surface area (Å²) >= 11 is 6.01. The maximum Gasteiger partial charge on any atom is 0.471 e. The van der Waals surface area contributed by atoms with Gasteiger partial charge >= 0.3 is 12.1 Å². The molecule has 0 aliphatic rings. The summed E-state index contributed by atoms with van der Waals surface area (Å²) in [5.41, 5.74) is 6.46. The average molecular weight is 525 g/mol. The second-order valence-electron chi connectivity index (χ2n) is 8.20. The van der Waals surface area contributed by atoms with E-state index in [4.69, 9.17) is 16.6 Å². The first-order chi connectivity index (χ1) is 17.5. The number of pyridine rings is 1. The van der Waals surface area contributed by atoms with Gasteiger partial charge in [-0.15, -0.1) is 0 Å². The van der Waals surface area contributed by atoms with Gasteiger partial charge < -0.3 is 5.32 Å². The van der Waals surface area contributed by atoms with Crippen LogP contribution in [0.4, 0.5) is 18.9 Å². The van der Waals surface area contributed by atoms with Crippen molar-refractivity contribution < 1.29 is 22.8 Å². The predicted molar refractivity (Wildman–Crippen MR) is 138 cm³/mol. The third-order valence-electron chi connectivity index (χ3n) is 5.55. The number of aryl methyl sites for hydroxylation is 1. The van der Waals surface area contributed by atoms with Gasteiger partial charge in [0.2, 0.25) is 0 Å². The second kappa shape index (κ2) is 10.4. The van der Waals surface area contributed by atoms with Crippen LogP contribution in [0.5, 0.6) is 0 Å². The molecule has 0 aliphatic heterocycles. The molecule has 0 saturated carbocycles. The van der Waals surface area contributed by atoms with Gasteiger partial charge in [-0.3, -0.25) is 9.59 Å². The number of hydrogen-bond donors (Lipinski definition) is 2. The van der Waals surface area contributed by atoms with Gasteiger partial charge in [0.1, 0.15) is 0 Å². The van der Waals surface area contributed by atoms with E-state index in [0.29, 0.717) is 38.5 Å². The summed E-state index contributed by atoms with van der Waals surface area (Å²) in [4.78, 5) is 29.2. The topological polar surface area (TPSA) is 83.4 Å². The van der Waals surface area contributed by atoms with Gasteiger partial charge in [0.05, 0.1) is 22.5 Å². The Hall–Kier alpha value is -4.24.